The Morgan fingerprint density at radius 1 is 1.16 bits per heavy atom. The summed E-state index contributed by atoms with van der Waals surface area (Å²) in [6.07, 6.45) is 4.82. The van der Waals surface area contributed by atoms with Crippen LogP contribution < -0.4 is 5.32 Å². The molecule has 2 atom stereocenters. The van der Waals surface area contributed by atoms with E-state index in [4.69, 9.17) is 0 Å². The molecule has 25 heavy (non-hydrogen) atoms. The van der Waals surface area contributed by atoms with Gasteiger partial charge in [0.15, 0.2) is 0 Å². The summed E-state index contributed by atoms with van der Waals surface area (Å²) < 4.78 is 0. The smallest absolute Gasteiger partial charge is 0.226 e. The molecule has 0 aromatic heterocycles. The predicted molar refractivity (Wildman–Crippen MR) is 101 cm³/mol. The Labute approximate surface area is 156 Å². The lowest BCUT2D eigenvalue weighted by atomic mass is 9.87. The normalized spacial score (nSPS) is 26.8. The average Bonchev–Trinajstić information content (AvgIpc) is 3.34. The van der Waals surface area contributed by atoms with Crippen molar-refractivity contribution in [3.8, 4) is 0 Å². The molecule has 2 saturated heterocycles. The summed E-state index contributed by atoms with van der Waals surface area (Å²) >= 11 is 0. The molecule has 2 N–H and O–H groups in total. The summed E-state index contributed by atoms with van der Waals surface area (Å²) in [5, 5.41) is 14.0. The maximum atomic E-state index is 12.8. The molecule has 1 amide bonds. The van der Waals surface area contributed by atoms with Gasteiger partial charge in [-0.2, -0.15) is 0 Å². The molecule has 138 valence electrons. The number of likely N-dealkylation sites (tertiary alicyclic amines) is 1. The Morgan fingerprint density at radius 3 is 2.44 bits per heavy atom. The van der Waals surface area contributed by atoms with Gasteiger partial charge in [-0.15, -0.1) is 12.4 Å². The number of carbonyl (C=O) groups is 1. The highest BCUT2D eigenvalue weighted by atomic mass is 35.5. The van der Waals surface area contributed by atoms with Crippen LogP contribution in [0.2, 0.25) is 0 Å². The lowest BCUT2D eigenvalue weighted by Gasteiger charge is -2.35. The van der Waals surface area contributed by atoms with Gasteiger partial charge in [-0.3, -0.25) is 4.79 Å². The highest BCUT2D eigenvalue weighted by Gasteiger charge is 2.58. The van der Waals surface area contributed by atoms with Gasteiger partial charge in [0.05, 0.1) is 6.10 Å². The van der Waals surface area contributed by atoms with Gasteiger partial charge < -0.3 is 15.3 Å². The first kappa shape index (κ1) is 18.7. The van der Waals surface area contributed by atoms with Gasteiger partial charge in [0.2, 0.25) is 5.91 Å². The highest BCUT2D eigenvalue weighted by Crippen LogP contribution is 2.59. The Balaban J connectivity index is 0.00000182. The Bertz CT molecular complexity index is 581. The van der Waals surface area contributed by atoms with Crippen molar-refractivity contribution in [3.63, 3.8) is 0 Å². The topological polar surface area (TPSA) is 52.6 Å². The van der Waals surface area contributed by atoms with Crippen LogP contribution in [0.4, 0.5) is 0 Å². The third-order valence-corrected chi connectivity index (χ3v) is 6.53. The van der Waals surface area contributed by atoms with Crippen LogP contribution >= 0.6 is 12.4 Å². The third-order valence-electron chi connectivity index (χ3n) is 6.53. The average molecular weight is 365 g/mol. The standard InChI is InChI=1S/C20H28N2O2.ClH/c23-18(15-4-2-1-3-5-15)16-6-12-22(13-7-16)19(24)17-14-20(17)8-10-21-11-9-20;/h1-5,16-18,21,23H,6-14H2;1H. The van der Waals surface area contributed by atoms with Gasteiger partial charge in [0, 0.05) is 19.0 Å². The Morgan fingerprint density at radius 2 is 1.80 bits per heavy atom. The van der Waals surface area contributed by atoms with Gasteiger partial charge in [-0.25, -0.2) is 0 Å². The van der Waals surface area contributed by atoms with Crippen LogP contribution in [0.1, 0.15) is 43.8 Å². The molecule has 1 aromatic carbocycles. The summed E-state index contributed by atoms with van der Waals surface area (Å²) in [7, 11) is 0. The number of piperidine rings is 2. The Hall–Kier alpha value is -1.10. The Kier molecular flexibility index (Phi) is 5.71. The van der Waals surface area contributed by atoms with Crippen molar-refractivity contribution >= 4 is 18.3 Å². The van der Waals surface area contributed by atoms with E-state index in [0.717, 1.165) is 63.8 Å². The molecule has 2 aliphatic heterocycles. The quantitative estimate of drug-likeness (QED) is 0.867. The number of rotatable bonds is 3. The fraction of sp³-hybridized carbons (Fsp3) is 0.650. The molecular weight excluding hydrogens is 336 g/mol. The van der Waals surface area contributed by atoms with Crippen LogP contribution in [-0.4, -0.2) is 42.1 Å². The third kappa shape index (κ3) is 3.71. The van der Waals surface area contributed by atoms with Crippen LogP contribution in [0.15, 0.2) is 30.3 Å². The number of carbonyl (C=O) groups excluding carboxylic acids is 1. The van der Waals surface area contributed by atoms with Crippen molar-refractivity contribution in [3.05, 3.63) is 35.9 Å². The second kappa shape index (κ2) is 7.65. The fourth-order valence-corrected chi connectivity index (χ4v) is 4.75. The van der Waals surface area contributed by atoms with E-state index < -0.39 is 6.10 Å². The van der Waals surface area contributed by atoms with E-state index in [1.54, 1.807) is 0 Å². The van der Waals surface area contributed by atoms with Crippen molar-refractivity contribution < 1.29 is 9.90 Å². The van der Waals surface area contributed by atoms with Crippen molar-refractivity contribution in [2.24, 2.45) is 17.3 Å². The minimum absolute atomic E-state index is 0. The number of hydrogen-bond donors (Lipinski definition) is 2. The molecule has 1 spiro atoms. The first-order chi connectivity index (χ1) is 11.7. The molecule has 1 saturated carbocycles. The van der Waals surface area contributed by atoms with Crippen molar-refractivity contribution in [1.82, 2.24) is 10.2 Å². The number of hydrogen-bond acceptors (Lipinski definition) is 3. The molecular formula is C20H29ClN2O2. The monoisotopic (exact) mass is 364 g/mol. The van der Waals surface area contributed by atoms with E-state index in [-0.39, 0.29) is 24.2 Å². The highest BCUT2D eigenvalue weighted by molar-refractivity contribution is 5.85. The molecule has 1 aliphatic carbocycles. The van der Waals surface area contributed by atoms with Crippen molar-refractivity contribution in [1.29, 1.82) is 0 Å². The molecule has 2 unspecified atom stereocenters. The molecule has 3 aliphatic rings. The number of nitrogens with zero attached hydrogens (tertiary/aromatic N) is 1. The number of benzene rings is 1. The second-order valence-corrected chi connectivity index (χ2v) is 7.89. The molecule has 4 rings (SSSR count). The molecule has 5 heteroatoms. The zero-order valence-corrected chi connectivity index (χ0v) is 15.5. The van der Waals surface area contributed by atoms with Gasteiger partial charge in [-0.1, -0.05) is 30.3 Å². The van der Waals surface area contributed by atoms with E-state index >= 15 is 0 Å². The van der Waals surface area contributed by atoms with E-state index in [1.807, 2.05) is 30.3 Å². The summed E-state index contributed by atoms with van der Waals surface area (Å²) in [6.45, 7) is 3.74. The SMILES string of the molecule is Cl.O=C(C1CC12CCNCC2)N1CCC(C(O)c2ccccc2)CC1. The van der Waals surface area contributed by atoms with Gasteiger partial charge in [0.1, 0.15) is 0 Å². The van der Waals surface area contributed by atoms with Crippen LogP contribution in [0.25, 0.3) is 0 Å². The number of aliphatic hydroxyl groups is 1. The lowest BCUT2D eigenvalue weighted by molar-refractivity contribution is -0.135. The largest absolute Gasteiger partial charge is 0.388 e. The van der Waals surface area contributed by atoms with Crippen LogP contribution in [0, 0.1) is 17.3 Å². The number of nitrogens with one attached hydrogen (secondary N) is 1. The fourth-order valence-electron chi connectivity index (χ4n) is 4.75. The summed E-state index contributed by atoms with van der Waals surface area (Å²) in [5.74, 6) is 0.920. The number of aliphatic hydroxyl groups excluding tert-OH is 1. The van der Waals surface area contributed by atoms with E-state index in [9.17, 15) is 9.90 Å². The minimum Gasteiger partial charge on any atom is -0.388 e. The first-order valence-electron chi connectivity index (χ1n) is 9.42. The van der Waals surface area contributed by atoms with Crippen molar-refractivity contribution in [2.75, 3.05) is 26.2 Å². The van der Waals surface area contributed by atoms with Gasteiger partial charge in [0.25, 0.3) is 0 Å². The summed E-state index contributed by atoms with van der Waals surface area (Å²) in [6, 6.07) is 9.91. The lowest BCUT2D eigenvalue weighted by Crippen LogP contribution is -2.42. The van der Waals surface area contributed by atoms with E-state index in [0.29, 0.717) is 11.3 Å². The first-order valence-corrected chi connectivity index (χ1v) is 9.42. The van der Waals surface area contributed by atoms with Gasteiger partial charge in [-0.05, 0) is 62.1 Å². The number of amides is 1. The molecule has 0 radical (unpaired) electrons. The minimum atomic E-state index is -0.403. The molecule has 4 nitrogen and oxygen atoms in total. The molecule has 1 aromatic rings. The molecule has 0 bridgehead atoms. The molecule has 2 heterocycles. The van der Waals surface area contributed by atoms with Crippen LogP contribution in [0.5, 0.6) is 0 Å². The zero-order chi connectivity index (χ0) is 16.6. The maximum absolute atomic E-state index is 12.8. The van der Waals surface area contributed by atoms with E-state index in [1.165, 1.54) is 0 Å². The predicted octanol–water partition coefficient (Wildman–Crippen LogP) is 2.77. The van der Waals surface area contributed by atoms with Crippen molar-refractivity contribution in [2.45, 2.75) is 38.2 Å². The van der Waals surface area contributed by atoms with Crippen LogP contribution in [0.3, 0.4) is 0 Å². The zero-order valence-electron chi connectivity index (χ0n) is 14.7. The molecule has 3 fully saturated rings. The van der Waals surface area contributed by atoms with Crippen LogP contribution in [-0.2, 0) is 4.79 Å². The summed E-state index contributed by atoms with van der Waals surface area (Å²) in [4.78, 5) is 14.9. The number of halogens is 1. The van der Waals surface area contributed by atoms with Gasteiger partial charge >= 0.3 is 0 Å². The van der Waals surface area contributed by atoms with E-state index in [2.05, 4.69) is 10.2 Å². The maximum Gasteiger partial charge on any atom is 0.226 e. The second-order valence-electron chi connectivity index (χ2n) is 7.89. The summed E-state index contributed by atoms with van der Waals surface area (Å²) in [5.41, 5.74) is 1.32.